The molecule has 15 heavy (non-hydrogen) atoms. The number of benzene rings is 1. The van der Waals surface area contributed by atoms with E-state index in [0.717, 1.165) is 0 Å². The van der Waals surface area contributed by atoms with Crippen molar-refractivity contribution in [3.8, 4) is 0 Å². The molecule has 0 atom stereocenters. The fourth-order valence-corrected chi connectivity index (χ4v) is 1.18. The molecule has 0 saturated heterocycles. The van der Waals surface area contributed by atoms with Gasteiger partial charge >= 0.3 is 0 Å². The maximum atomic E-state index is 13.3. The molecule has 0 N–H and O–H groups in total. The number of nitrogens with zero attached hydrogens (tertiary/aromatic N) is 1. The van der Waals surface area contributed by atoms with Crippen LogP contribution in [-0.2, 0) is 11.2 Å². The van der Waals surface area contributed by atoms with Crippen LogP contribution in [0, 0.1) is 5.82 Å². The normalized spacial score (nSPS) is 9.80. The first kappa shape index (κ1) is 11.4. The lowest BCUT2D eigenvalue weighted by Gasteiger charge is -2.10. The maximum absolute atomic E-state index is 13.3. The van der Waals surface area contributed by atoms with E-state index in [1.165, 1.54) is 17.0 Å². The number of likely N-dealkylation sites (N-methyl/N-ethyl adjacent to an activating group) is 1. The quantitative estimate of drug-likeness (QED) is 0.743. The summed E-state index contributed by atoms with van der Waals surface area (Å²) in [6.45, 7) is 3.50. The molecule has 0 radical (unpaired) electrons. The molecule has 0 saturated carbocycles. The van der Waals surface area contributed by atoms with Gasteiger partial charge in [-0.3, -0.25) is 4.79 Å². The lowest BCUT2D eigenvalue weighted by molar-refractivity contribution is -0.127. The topological polar surface area (TPSA) is 20.3 Å². The first-order chi connectivity index (χ1) is 7.04. The van der Waals surface area contributed by atoms with Gasteiger partial charge in [0.2, 0.25) is 5.91 Å². The minimum Gasteiger partial charge on any atom is -0.349 e. The molecule has 1 aromatic carbocycles. The van der Waals surface area contributed by atoms with Crippen LogP contribution >= 0.6 is 0 Å². The number of hydrogen-bond acceptors (Lipinski definition) is 1. The van der Waals surface area contributed by atoms with Crippen molar-refractivity contribution in [1.29, 1.82) is 0 Å². The molecule has 0 heterocycles. The lowest BCUT2D eigenvalue weighted by atomic mass is 10.1. The van der Waals surface area contributed by atoms with Crippen molar-refractivity contribution >= 4 is 12.0 Å². The number of rotatable bonds is 3. The molecule has 0 fully saturated rings. The summed E-state index contributed by atoms with van der Waals surface area (Å²) < 4.78 is 13.3. The van der Waals surface area contributed by atoms with Gasteiger partial charge in [-0.2, -0.15) is 0 Å². The Balaban J connectivity index is 2.84. The van der Waals surface area contributed by atoms with Crippen LogP contribution in [-0.4, -0.2) is 24.9 Å². The van der Waals surface area contributed by atoms with Crippen LogP contribution in [0.25, 0.3) is 6.08 Å². The first-order valence-electron chi connectivity index (χ1n) is 4.65. The van der Waals surface area contributed by atoms with Crippen molar-refractivity contribution < 1.29 is 9.18 Å². The summed E-state index contributed by atoms with van der Waals surface area (Å²) in [5, 5.41) is 0. The highest BCUT2D eigenvalue weighted by Gasteiger charge is 2.07. The lowest BCUT2D eigenvalue weighted by Crippen LogP contribution is -2.23. The summed E-state index contributed by atoms with van der Waals surface area (Å²) in [5.74, 6) is -0.380. The Labute approximate surface area is 89.0 Å². The summed E-state index contributed by atoms with van der Waals surface area (Å²) in [5.41, 5.74) is 1.13. The molecule has 0 aromatic heterocycles. The van der Waals surface area contributed by atoms with Crippen LogP contribution < -0.4 is 0 Å². The number of hydrogen-bond donors (Lipinski definition) is 0. The molecule has 1 aromatic rings. The third-order valence-electron chi connectivity index (χ3n) is 2.14. The summed E-state index contributed by atoms with van der Waals surface area (Å²) >= 11 is 0. The Morgan fingerprint density at radius 1 is 1.53 bits per heavy atom. The fraction of sp³-hybridized carbons (Fsp3) is 0.250. The van der Waals surface area contributed by atoms with E-state index in [-0.39, 0.29) is 18.1 Å². The van der Waals surface area contributed by atoms with Gasteiger partial charge in [-0.15, -0.1) is 0 Å². The van der Waals surface area contributed by atoms with Crippen molar-refractivity contribution in [2.24, 2.45) is 0 Å². The van der Waals surface area contributed by atoms with Crippen LogP contribution in [0.15, 0.2) is 24.8 Å². The molecule has 0 bridgehead atoms. The van der Waals surface area contributed by atoms with Crippen molar-refractivity contribution in [3.05, 3.63) is 41.7 Å². The van der Waals surface area contributed by atoms with Gasteiger partial charge < -0.3 is 4.90 Å². The van der Waals surface area contributed by atoms with Crippen LogP contribution in [0.3, 0.4) is 0 Å². The molecule has 0 unspecified atom stereocenters. The van der Waals surface area contributed by atoms with Crippen molar-refractivity contribution in [2.75, 3.05) is 14.1 Å². The zero-order chi connectivity index (χ0) is 11.4. The number of amides is 1. The average molecular weight is 207 g/mol. The standard InChI is InChI=1S/C12H14FNO/c1-4-10-6-5-9(7-11(10)13)8-12(15)14(2)3/h4-7H,1,8H2,2-3H3. The molecule has 80 valence electrons. The third kappa shape index (κ3) is 2.91. The van der Waals surface area contributed by atoms with Gasteiger partial charge in [0.1, 0.15) is 5.82 Å². The van der Waals surface area contributed by atoms with Crippen molar-refractivity contribution in [3.63, 3.8) is 0 Å². The van der Waals surface area contributed by atoms with E-state index in [0.29, 0.717) is 11.1 Å². The molecule has 0 aliphatic carbocycles. The monoisotopic (exact) mass is 207 g/mol. The second kappa shape index (κ2) is 4.73. The molecule has 1 rings (SSSR count). The number of carbonyl (C=O) groups excluding carboxylic acids is 1. The van der Waals surface area contributed by atoms with Crippen LogP contribution in [0.5, 0.6) is 0 Å². The first-order valence-corrected chi connectivity index (χ1v) is 4.65. The highest BCUT2D eigenvalue weighted by molar-refractivity contribution is 5.78. The largest absolute Gasteiger partial charge is 0.349 e. The summed E-state index contributed by atoms with van der Waals surface area (Å²) in [6, 6.07) is 4.74. The van der Waals surface area contributed by atoms with Gasteiger partial charge in [0, 0.05) is 19.7 Å². The van der Waals surface area contributed by atoms with Crippen molar-refractivity contribution in [2.45, 2.75) is 6.42 Å². The molecular weight excluding hydrogens is 193 g/mol. The van der Waals surface area contributed by atoms with Gasteiger partial charge in [0.15, 0.2) is 0 Å². The zero-order valence-corrected chi connectivity index (χ0v) is 8.96. The Hall–Kier alpha value is -1.64. The highest BCUT2D eigenvalue weighted by Crippen LogP contribution is 2.12. The molecule has 0 spiro atoms. The highest BCUT2D eigenvalue weighted by atomic mass is 19.1. The zero-order valence-electron chi connectivity index (χ0n) is 8.96. The van der Waals surface area contributed by atoms with Crippen LogP contribution in [0.1, 0.15) is 11.1 Å². The summed E-state index contributed by atoms with van der Waals surface area (Å²) in [7, 11) is 3.35. The smallest absolute Gasteiger partial charge is 0.226 e. The Bertz CT molecular complexity index is 385. The molecule has 1 amide bonds. The number of halogens is 1. The third-order valence-corrected chi connectivity index (χ3v) is 2.14. The van der Waals surface area contributed by atoms with Crippen molar-refractivity contribution in [1.82, 2.24) is 4.90 Å². The average Bonchev–Trinajstić information content (AvgIpc) is 2.18. The molecule has 3 heteroatoms. The van der Waals surface area contributed by atoms with E-state index in [9.17, 15) is 9.18 Å². The van der Waals surface area contributed by atoms with E-state index >= 15 is 0 Å². The van der Waals surface area contributed by atoms with Crippen LogP contribution in [0.2, 0.25) is 0 Å². The Morgan fingerprint density at radius 2 is 2.20 bits per heavy atom. The molecular formula is C12H14FNO. The molecule has 2 nitrogen and oxygen atoms in total. The van der Waals surface area contributed by atoms with E-state index in [1.54, 1.807) is 26.2 Å². The van der Waals surface area contributed by atoms with E-state index in [4.69, 9.17) is 0 Å². The minimum absolute atomic E-state index is 0.0410. The number of carbonyl (C=O) groups is 1. The minimum atomic E-state index is -0.339. The predicted molar refractivity (Wildman–Crippen MR) is 58.9 cm³/mol. The van der Waals surface area contributed by atoms with Gasteiger partial charge in [0.25, 0.3) is 0 Å². The van der Waals surface area contributed by atoms with Crippen LogP contribution in [0.4, 0.5) is 4.39 Å². The van der Waals surface area contributed by atoms with E-state index in [1.807, 2.05) is 0 Å². The summed E-state index contributed by atoms with van der Waals surface area (Å²) in [4.78, 5) is 12.8. The van der Waals surface area contributed by atoms with Gasteiger partial charge in [-0.25, -0.2) is 4.39 Å². The molecule has 0 aliphatic rings. The van der Waals surface area contributed by atoms with E-state index in [2.05, 4.69) is 6.58 Å². The molecule has 0 aliphatic heterocycles. The second-order valence-corrected chi connectivity index (χ2v) is 3.52. The summed E-state index contributed by atoms with van der Waals surface area (Å²) in [6.07, 6.45) is 1.67. The van der Waals surface area contributed by atoms with Gasteiger partial charge in [-0.1, -0.05) is 24.8 Å². The predicted octanol–water partition coefficient (Wildman–Crippen LogP) is 2.10. The van der Waals surface area contributed by atoms with Gasteiger partial charge in [0.05, 0.1) is 6.42 Å². The Kier molecular flexibility index (Phi) is 3.61. The fourth-order valence-electron chi connectivity index (χ4n) is 1.18. The Morgan fingerprint density at radius 3 is 2.67 bits per heavy atom. The maximum Gasteiger partial charge on any atom is 0.226 e. The second-order valence-electron chi connectivity index (χ2n) is 3.52. The van der Waals surface area contributed by atoms with Gasteiger partial charge in [-0.05, 0) is 11.6 Å². The SMILES string of the molecule is C=Cc1ccc(CC(=O)N(C)C)cc1F. The van der Waals surface area contributed by atoms with E-state index < -0.39 is 0 Å².